The quantitative estimate of drug-likeness (QED) is 0.784. The van der Waals surface area contributed by atoms with Crippen LogP contribution >= 0.6 is 0 Å². The Morgan fingerprint density at radius 3 is 2.77 bits per heavy atom. The minimum absolute atomic E-state index is 0.209. The van der Waals surface area contributed by atoms with E-state index in [1.54, 1.807) is 0 Å². The third-order valence-corrected chi connectivity index (χ3v) is 5.08. The maximum atomic E-state index is 11.7. The lowest BCUT2D eigenvalue weighted by atomic mass is 10.1. The second-order valence-electron chi connectivity index (χ2n) is 5.95. The predicted octanol–water partition coefficient (Wildman–Crippen LogP) is 2.95. The number of aromatic amines is 1. The molecule has 0 unspecified atom stereocenters. The van der Waals surface area contributed by atoms with Gasteiger partial charge in [-0.2, -0.15) is 0 Å². The Hall–Kier alpha value is -1.40. The van der Waals surface area contributed by atoms with Gasteiger partial charge in [0, 0.05) is 12.5 Å². The largest absolute Gasteiger partial charge is 0.342 e. The molecule has 0 fully saturated rings. The number of nitrogens with one attached hydrogen (secondary N) is 2. The number of sulfonamides is 1. The van der Waals surface area contributed by atoms with Gasteiger partial charge in [-0.3, -0.25) is 0 Å². The number of hydrogen-bond donors (Lipinski definition) is 2. The molecule has 22 heavy (non-hydrogen) atoms. The molecule has 2 rings (SSSR count). The molecule has 0 aliphatic carbocycles. The first-order valence-electron chi connectivity index (χ1n) is 7.87. The minimum atomic E-state index is -3.13. The topological polar surface area (TPSA) is 74.8 Å². The van der Waals surface area contributed by atoms with Crippen LogP contribution in [0.25, 0.3) is 11.0 Å². The molecule has 0 aliphatic heterocycles. The highest BCUT2D eigenvalue weighted by Gasteiger charge is 2.09. The molecule has 1 heterocycles. The van der Waals surface area contributed by atoms with E-state index < -0.39 is 10.0 Å². The van der Waals surface area contributed by atoms with Crippen molar-refractivity contribution in [3.8, 4) is 0 Å². The second kappa shape index (κ2) is 7.24. The van der Waals surface area contributed by atoms with E-state index in [0.717, 1.165) is 28.8 Å². The number of imidazole rings is 1. The van der Waals surface area contributed by atoms with Crippen molar-refractivity contribution in [1.29, 1.82) is 0 Å². The smallest absolute Gasteiger partial charge is 0.211 e. The Kier molecular flexibility index (Phi) is 5.58. The predicted molar refractivity (Wildman–Crippen MR) is 90.6 cm³/mol. The lowest BCUT2D eigenvalue weighted by molar-refractivity contribution is 0.578. The first-order valence-corrected chi connectivity index (χ1v) is 9.52. The first-order chi connectivity index (χ1) is 10.4. The fourth-order valence-corrected chi connectivity index (χ4v) is 3.49. The average Bonchev–Trinajstić information content (AvgIpc) is 2.88. The van der Waals surface area contributed by atoms with Crippen LogP contribution in [0.3, 0.4) is 0 Å². The Morgan fingerprint density at radius 2 is 2.09 bits per heavy atom. The van der Waals surface area contributed by atoms with Gasteiger partial charge >= 0.3 is 0 Å². The van der Waals surface area contributed by atoms with Crippen molar-refractivity contribution in [1.82, 2.24) is 14.7 Å². The summed E-state index contributed by atoms with van der Waals surface area (Å²) in [6.45, 7) is 6.62. The van der Waals surface area contributed by atoms with E-state index in [0.29, 0.717) is 25.3 Å². The molecule has 2 N–H and O–H groups in total. The fraction of sp³-hybridized carbons (Fsp3) is 0.562. The summed E-state index contributed by atoms with van der Waals surface area (Å²) >= 11 is 0. The molecule has 0 saturated heterocycles. The van der Waals surface area contributed by atoms with E-state index in [-0.39, 0.29) is 5.75 Å². The van der Waals surface area contributed by atoms with Crippen LogP contribution in [0.4, 0.5) is 0 Å². The zero-order valence-corrected chi connectivity index (χ0v) is 14.3. The molecule has 0 spiro atoms. The molecular formula is C16H25N3O2S. The van der Waals surface area contributed by atoms with Gasteiger partial charge in [-0.15, -0.1) is 0 Å². The van der Waals surface area contributed by atoms with Crippen LogP contribution in [0.15, 0.2) is 18.2 Å². The number of benzene rings is 1. The van der Waals surface area contributed by atoms with Crippen molar-refractivity contribution in [3.63, 3.8) is 0 Å². The summed E-state index contributed by atoms with van der Waals surface area (Å²) in [5.74, 6) is 1.55. The molecule has 5 nitrogen and oxygen atoms in total. The van der Waals surface area contributed by atoms with Gasteiger partial charge < -0.3 is 4.98 Å². The van der Waals surface area contributed by atoms with Gasteiger partial charge in [0.25, 0.3) is 0 Å². The molecule has 0 amide bonds. The number of unbranched alkanes of at least 4 members (excludes halogenated alkanes) is 1. The third kappa shape index (κ3) is 4.55. The number of nitrogens with zero attached hydrogens (tertiary/aromatic N) is 1. The summed E-state index contributed by atoms with van der Waals surface area (Å²) < 4.78 is 26.1. The molecule has 6 heteroatoms. The normalized spacial score (nSPS) is 12.4. The van der Waals surface area contributed by atoms with Crippen molar-refractivity contribution < 1.29 is 8.42 Å². The molecule has 0 radical (unpaired) electrons. The van der Waals surface area contributed by atoms with Crippen molar-refractivity contribution in [3.05, 3.63) is 29.6 Å². The number of H-pyrrole nitrogens is 1. The summed E-state index contributed by atoms with van der Waals surface area (Å²) in [4.78, 5) is 7.86. The summed E-state index contributed by atoms with van der Waals surface area (Å²) in [7, 11) is -3.13. The van der Waals surface area contributed by atoms with Crippen LogP contribution in [0, 0.1) is 0 Å². The van der Waals surface area contributed by atoms with Crippen LogP contribution in [0.5, 0.6) is 0 Å². The van der Waals surface area contributed by atoms with Crippen molar-refractivity contribution in [2.45, 2.75) is 46.0 Å². The van der Waals surface area contributed by atoms with E-state index >= 15 is 0 Å². The number of aromatic nitrogens is 2. The first kappa shape index (κ1) is 17.0. The molecule has 0 bridgehead atoms. The summed E-state index contributed by atoms with van der Waals surface area (Å²) in [5, 5.41) is 0. The third-order valence-electron chi connectivity index (χ3n) is 3.61. The lowest BCUT2D eigenvalue weighted by Gasteiger charge is -2.06. The summed E-state index contributed by atoms with van der Waals surface area (Å²) in [5.41, 5.74) is 3.07. The van der Waals surface area contributed by atoms with Crippen LogP contribution < -0.4 is 4.72 Å². The molecule has 1 aromatic carbocycles. The van der Waals surface area contributed by atoms with Crippen molar-refractivity contribution >= 4 is 21.1 Å². The zero-order valence-electron chi connectivity index (χ0n) is 13.5. The van der Waals surface area contributed by atoms with Gasteiger partial charge in [-0.25, -0.2) is 18.1 Å². The van der Waals surface area contributed by atoms with Crippen molar-refractivity contribution in [2.75, 3.05) is 12.3 Å². The van der Waals surface area contributed by atoms with Gasteiger partial charge in [-0.05, 0) is 30.5 Å². The van der Waals surface area contributed by atoms with Gasteiger partial charge in [0.15, 0.2) is 0 Å². The number of fused-ring (bicyclic) bond motifs is 1. The molecule has 2 aromatic rings. The second-order valence-corrected chi connectivity index (χ2v) is 7.87. The maximum Gasteiger partial charge on any atom is 0.211 e. The molecule has 122 valence electrons. The van der Waals surface area contributed by atoms with Gasteiger partial charge in [-0.1, -0.05) is 33.3 Å². The zero-order chi connectivity index (χ0) is 16.2. The van der Waals surface area contributed by atoms with Gasteiger partial charge in [0.2, 0.25) is 10.0 Å². The highest BCUT2D eigenvalue weighted by Crippen LogP contribution is 2.18. The van der Waals surface area contributed by atoms with E-state index in [1.165, 1.54) is 0 Å². The Morgan fingerprint density at radius 1 is 1.32 bits per heavy atom. The van der Waals surface area contributed by atoms with E-state index in [1.807, 2.05) is 19.1 Å². The lowest BCUT2D eigenvalue weighted by Crippen LogP contribution is -2.28. The van der Waals surface area contributed by atoms with E-state index in [9.17, 15) is 8.42 Å². The highest BCUT2D eigenvalue weighted by molar-refractivity contribution is 7.89. The molecular weight excluding hydrogens is 298 g/mol. The Bertz CT molecular complexity index is 720. The fourth-order valence-electron chi connectivity index (χ4n) is 2.26. The minimum Gasteiger partial charge on any atom is -0.342 e. The number of rotatable bonds is 8. The van der Waals surface area contributed by atoms with Crippen LogP contribution in [0.1, 0.15) is 50.9 Å². The van der Waals surface area contributed by atoms with Crippen molar-refractivity contribution in [2.24, 2.45) is 0 Å². The molecule has 1 aromatic heterocycles. The Balaban J connectivity index is 1.97. The Labute approximate surface area is 132 Å². The molecule has 0 saturated carbocycles. The van der Waals surface area contributed by atoms with Crippen LogP contribution in [0.2, 0.25) is 0 Å². The SMILES string of the molecule is CCCCS(=O)(=O)NCCc1ccc2nc(C(C)C)[nH]c2c1. The maximum absolute atomic E-state index is 11.7. The standard InChI is InChI=1S/C16H25N3O2S/c1-4-5-10-22(20,21)17-9-8-13-6-7-14-15(11-13)19-16(18-14)12(2)3/h6-7,11-12,17H,4-5,8-10H2,1-3H3,(H,18,19). The van der Waals surface area contributed by atoms with Gasteiger partial charge in [0.05, 0.1) is 16.8 Å². The number of hydrogen-bond acceptors (Lipinski definition) is 3. The van der Waals surface area contributed by atoms with Gasteiger partial charge in [0.1, 0.15) is 5.82 Å². The molecule has 0 aliphatic rings. The average molecular weight is 323 g/mol. The van der Waals surface area contributed by atoms with Crippen LogP contribution in [-0.2, 0) is 16.4 Å². The monoisotopic (exact) mass is 323 g/mol. The van der Waals surface area contributed by atoms with Crippen LogP contribution in [-0.4, -0.2) is 30.7 Å². The highest BCUT2D eigenvalue weighted by atomic mass is 32.2. The molecule has 0 atom stereocenters. The summed E-state index contributed by atoms with van der Waals surface area (Å²) in [6.07, 6.45) is 2.26. The van der Waals surface area contributed by atoms with E-state index in [2.05, 4.69) is 34.6 Å². The summed E-state index contributed by atoms with van der Waals surface area (Å²) in [6, 6.07) is 6.04. The van der Waals surface area contributed by atoms with E-state index in [4.69, 9.17) is 0 Å².